The quantitative estimate of drug-likeness (QED) is 0.820. The van der Waals surface area contributed by atoms with Gasteiger partial charge in [-0.3, -0.25) is 9.59 Å². The van der Waals surface area contributed by atoms with Crippen molar-refractivity contribution in [1.82, 2.24) is 4.90 Å². The smallest absolute Gasteiger partial charge is 0.308 e. The Labute approximate surface area is 114 Å². The molecule has 0 aromatic heterocycles. The normalized spacial score (nSPS) is 11.9. The van der Waals surface area contributed by atoms with Crippen molar-refractivity contribution in [3.8, 4) is 0 Å². The molecule has 0 bridgehead atoms. The van der Waals surface area contributed by atoms with Crippen LogP contribution < -0.4 is 0 Å². The summed E-state index contributed by atoms with van der Waals surface area (Å²) in [6.45, 7) is 4.48. The maximum atomic E-state index is 12.2. The van der Waals surface area contributed by atoms with Gasteiger partial charge in [-0.2, -0.15) is 0 Å². The molecule has 1 amide bonds. The van der Waals surface area contributed by atoms with Gasteiger partial charge in [0.05, 0.1) is 12.3 Å². The Morgan fingerprint density at radius 3 is 2.42 bits per heavy atom. The molecule has 0 radical (unpaired) electrons. The molecule has 0 fully saturated rings. The summed E-state index contributed by atoms with van der Waals surface area (Å²) in [6.07, 6.45) is 1.15. The van der Waals surface area contributed by atoms with E-state index in [2.05, 4.69) is 0 Å². The van der Waals surface area contributed by atoms with E-state index in [1.54, 1.807) is 11.8 Å². The summed E-state index contributed by atoms with van der Waals surface area (Å²) in [7, 11) is 0. The third-order valence-corrected chi connectivity index (χ3v) is 2.96. The average Bonchev–Trinajstić information content (AvgIpc) is 2.39. The first kappa shape index (κ1) is 15.2. The van der Waals surface area contributed by atoms with Crippen LogP contribution in [0.2, 0.25) is 0 Å². The molecule has 1 N–H and O–H groups in total. The number of hydrogen-bond donors (Lipinski definition) is 1. The van der Waals surface area contributed by atoms with Crippen LogP contribution >= 0.6 is 0 Å². The Morgan fingerprint density at radius 1 is 1.26 bits per heavy atom. The van der Waals surface area contributed by atoms with Gasteiger partial charge in [0, 0.05) is 13.1 Å². The lowest BCUT2D eigenvalue weighted by Gasteiger charge is -2.24. The minimum atomic E-state index is -0.867. The van der Waals surface area contributed by atoms with E-state index < -0.39 is 11.9 Å². The summed E-state index contributed by atoms with van der Waals surface area (Å²) < 4.78 is 0. The van der Waals surface area contributed by atoms with E-state index in [1.165, 1.54) is 0 Å². The molecule has 1 aromatic rings. The second-order valence-electron chi connectivity index (χ2n) is 4.74. The summed E-state index contributed by atoms with van der Waals surface area (Å²) in [4.78, 5) is 24.7. The Morgan fingerprint density at radius 2 is 1.89 bits per heavy atom. The molecule has 4 heteroatoms. The summed E-state index contributed by atoms with van der Waals surface area (Å²) >= 11 is 0. The van der Waals surface area contributed by atoms with Crippen molar-refractivity contribution >= 4 is 11.9 Å². The van der Waals surface area contributed by atoms with Crippen LogP contribution in [-0.4, -0.2) is 35.0 Å². The molecule has 0 saturated heterocycles. The molecule has 4 nitrogen and oxygen atoms in total. The molecule has 19 heavy (non-hydrogen) atoms. The van der Waals surface area contributed by atoms with Crippen LogP contribution in [0.15, 0.2) is 30.3 Å². The third kappa shape index (κ3) is 5.12. The van der Waals surface area contributed by atoms with Gasteiger partial charge in [-0.25, -0.2) is 0 Å². The molecule has 0 heterocycles. The highest BCUT2D eigenvalue weighted by molar-refractivity contribution is 5.79. The van der Waals surface area contributed by atoms with E-state index in [-0.39, 0.29) is 12.5 Å². The van der Waals surface area contributed by atoms with Crippen molar-refractivity contribution in [3.63, 3.8) is 0 Å². The second kappa shape index (κ2) is 7.56. The van der Waals surface area contributed by atoms with Gasteiger partial charge in [-0.15, -0.1) is 0 Å². The van der Waals surface area contributed by atoms with Gasteiger partial charge in [0.25, 0.3) is 0 Å². The van der Waals surface area contributed by atoms with Crippen LogP contribution in [-0.2, 0) is 16.0 Å². The lowest BCUT2D eigenvalue weighted by atomic mass is 10.1. The van der Waals surface area contributed by atoms with Crippen molar-refractivity contribution in [1.29, 1.82) is 0 Å². The molecule has 1 atom stereocenters. The Hall–Kier alpha value is -1.84. The number of carbonyl (C=O) groups excluding carboxylic acids is 1. The Bertz CT molecular complexity index is 417. The predicted octanol–water partition coefficient (Wildman–Crippen LogP) is 2.19. The minimum absolute atomic E-state index is 0.0128. The first-order valence-corrected chi connectivity index (χ1v) is 6.59. The van der Waals surface area contributed by atoms with Crippen molar-refractivity contribution in [3.05, 3.63) is 35.9 Å². The number of carboxylic acids is 1. The van der Waals surface area contributed by atoms with Gasteiger partial charge in [-0.05, 0) is 12.0 Å². The fourth-order valence-electron chi connectivity index (χ4n) is 1.88. The highest BCUT2D eigenvalue weighted by Crippen LogP contribution is 2.07. The van der Waals surface area contributed by atoms with Gasteiger partial charge in [0.15, 0.2) is 0 Å². The first-order chi connectivity index (χ1) is 9.04. The minimum Gasteiger partial charge on any atom is -0.481 e. The number of rotatable bonds is 7. The number of amides is 1. The van der Waals surface area contributed by atoms with Gasteiger partial charge in [0.2, 0.25) is 5.91 Å². The van der Waals surface area contributed by atoms with Crippen molar-refractivity contribution < 1.29 is 14.7 Å². The molecular formula is C15H21NO3. The fourth-order valence-corrected chi connectivity index (χ4v) is 1.88. The molecule has 0 aliphatic carbocycles. The number of carboxylic acid groups (broad SMARTS) is 1. The number of nitrogens with zero attached hydrogens (tertiary/aromatic N) is 1. The van der Waals surface area contributed by atoms with E-state index in [0.717, 1.165) is 12.0 Å². The topological polar surface area (TPSA) is 57.6 Å². The van der Waals surface area contributed by atoms with Gasteiger partial charge in [-0.1, -0.05) is 44.2 Å². The number of benzene rings is 1. The van der Waals surface area contributed by atoms with Crippen LogP contribution in [0, 0.1) is 5.92 Å². The lowest BCUT2D eigenvalue weighted by molar-refractivity contribution is -0.143. The standard InChI is InChI=1S/C15H21NO3/c1-3-9-16(11-12(2)15(18)19)14(17)10-13-7-5-4-6-8-13/h4-8,12H,3,9-11H2,1-2H3,(H,18,19). The highest BCUT2D eigenvalue weighted by atomic mass is 16.4. The average molecular weight is 263 g/mol. The molecule has 1 aromatic carbocycles. The molecule has 0 aliphatic rings. The summed E-state index contributed by atoms with van der Waals surface area (Å²) in [5.41, 5.74) is 0.955. The molecule has 104 valence electrons. The van der Waals surface area contributed by atoms with Gasteiger partial charge in [0.1, 0.15) is 0 Å². The monoisotopic (exact) mass is 263 g/mol. The predicted molar refractivity (Wildman–Crippen MR) is 73.8 cm³/mol. The van der Waals surface area contributed by atoms with E-state index >= 15 is 0 Å². The van der Waals surface area contributed by atoms with Crippen LogP contribution in [0.25, 0.3) is 0 Å². The largest absolute Gasteiger partial charge is 0.481 e. The zero-order valence-electron chi connectivity index (χ0n) is 11.5. The molecule has 1 rings (SSSR count). The molecule has 1 unspecified atom stereocenters. The zero-order chi connectivity index (χ0) is 14.3. The van der Waals surface area contributed by atoms with Crippen molar-refractivity contribution in [2.24, 2.45) is 5.92 Å². The SMILES string of the molecule is CCCN(CC(C)C(=O)O)C(=O)Cc1ccccc1. The van der Waals surface area contributed by atoms with Crippen LogP contribution in [0.5, 0.6) is 0 Å². The van der Waals surface area contributed by atoms with E-state index in [0.29, 0.717) is 13.0 Å². The summed E-state index contributed by atoms with van der Waals surface area (Å²) in [5.74, 6) is -1.42. The Kier molecular flexibility index (Phi) is 6.06. The summed E-state index contributed by atoms with van der Waals surface area (Å²) in [5, 5.41) is 8.93. The molecular weight excluding hydrogens is 242 g/mol. The van der Waals surface area contributed by atoms with E-state index in [9.17, 15) is 9.59 Å². The van der Waals surface area contributed by atoms with Crippen molar-refractivity contribution in [2.45, 2.75) is 26.7 Å². The molecule has 0 aliphatic heterocycles. The van der Waals surface area contributed by atoms with E-state index in [1.807, 2.05) is 37.3 Å². The highest BCUT2D eigenvalue weighted by Gasteiger charge is 2.19. The van der Waals surface area contributed by atoms with Gasteiger partial charge < -0.3 is 10.0 Å². The molecule has 0 saturated carbocycles. The zero-order valence-corrected chi connectivity index (χ0v) is 11.5. The third-order valence-electron chi connectivity index (χ3n) is 2.96. The number of hydrogen-bond acceptors (Lipinski definition) is 2. The van der Waals surface area contributed by atoms with Gasteiger partial charge >= 0.3 is 5.97 Å². The second-order valence-corrected chi connectivity index (χ2v) is 4.74. The van der Waals surface area contributed by atoms with Crippen molar-refractivity contribution in [2.75, 3.05) is 13.1 Å². The maximum absolute atomic E-state index is 12.2. The fraction of sp³-hybridized carbons (Fsp3) is 0.467. The summed E-state index contributed by atoms with van der Waals surface area (Å²) in [6, 6.07) is 9.51. The first-order valence-electron chi connectivity index (χ1n) is 6.59. The Balaban J connectivity index is 2.65. The maximum Gasteiger partial charge on any atom is 0.308 e. The van der Waals surface area contributed by atoms with E-state index in [4.69, 9.17) is 5.11 Å². The number of aliphatic carboxylic acids is 1. The van der Waals surface area contributed by atoms with Crippen LogP contribution in [0.4, 0.5) is 0 Å². The molecule has 0 spiro atoms. The van der Waals surface area contributed by atoms with Crippen LogP contribution in [0.1, 0.15) is 25.8 Å². The van der Waals surface area contributed by atoms with Crippen LogP contribution in [0.3, 0.4) is 0 Å². The number of carbonyl (C=O) groups is 2. The lowest BCUT2D eigenvalue weighted by Crippen LogP contribution is -2.38.